The maximum absolute atomic E-state index is 12.0. The molecular weight excluding hydrogens is 252 g/mol. The quantitative estimate of drug-likeness (QED) is 0.749. The summed E-state index contributed by atoms with van der Waals surface area (Å²) in [5, 5.41) is 4.29. The van der Waals surface area contributed by atoms with Crippen molar-refractivity contribution in [3.8, 4) is 0 Å². The highest BCUT2D eigenvalue weighted by Crippen LogP contribution is 2.30. The molecule has 0 fully saturated rings. The van der Waals surface area contributed by atoms with E-state index in [4.69, 9.17) is 4.42 Å². The highest BCUT2D eigenvalue weighted by atomic mass is 16.3. The number of rotatable bonds is 2. The fourth-order valence-electron chi connectivity index (χ4n) is 2.99. The number of carbonyl (C=O) groups is 1. The first-order valence-corrected chi connectivity index (χ1v) is 6.74. The van der Waals surface area contributed by atoms with Gasteiger partial charge in [0.05, 0.1) is 6.26 Å². The molecule has 0 saturated carbocycles. The van der Waals surface area contributed by atoms with Crippen LogP contribution in [0, 0.1) is 0 Å². The Morgan fingerprint density at radius 1 is 1.20 bits per heavy atom. The number of fused-ring (bicyclic) bond motifs is 3. The van der Waals surface area contributed by atoms with E-state index in [0.717, 1.165) is 12.8 Å². The Labute approximate surface area is 115 Å². The number of carbonyl (C=O) groups excluding carboxylic acids is 1. The van der Waals surface area contributed by atoms with Crippen molar-refractivity contribution >= 4 is 16.8 Å². The Bertz CT molecular complexity index is 771. The second-order valence-corrected chi connectivity index (χ2v) is 5.18. The third kappa shape index (κ3) is 1.72. The van der Waals surface area contributed by atoms with Crippen molar-refractivity contribution in [1.29, 1.82) is 0 Å². The summed E-state index contributed by atoms with van der Waals surface area (Å²) in [5.74, 6) is 0.222. The Balaban J connectivity index is 1.55. The van der Waals surface area contributed by atoms with Gasteiger partial charge in [-0.2, -0.15) is 0 Å². The number of nitrogens with one attached hydrogen (secondary N) is 2. The molecule has 1 amide bonds. The maximum atomic E-state index is 12.0. The first-order valence-electron chi connectivity index (χ1n) is 6.74. The van der Waals surface area contributed by atoms with Gasteiger partial charge in [0.2, 0.25) is 0 Å². The first-order chi connectivity index (χ1) is 9.81. The van der Waals surface area contributed by atoms with E-state index in [1.54, 1.807) is 12.1 Å². The number of H-pyrrole nitrogens is 1. The standard InChI is InChI=1S/C16H14N2O2/c19-16(15-6-3-7-20-15)17-10-8-12-11-4-1-2-5-13(11)18-14(12)9-10/h1-7,10,18H,8-9H2,(H,17,19). The van der Waals surface area contributed by atoms with Gasteiger partial charge in [0.15, 0.2) is 5.76 Å². The lowest BCUT2D eigenvalue weighted by Gasteiger charge is -2.11. The van der Waals surface area contributed by atoms with Crippen LogP contribution in [0.5, 0.6) is 0 Å². The topological polar surface area (TPSA) is 58.0 Å². The van der Waals surface area contributed by atoms with Gasteiger partial charge in [-0.25, -0.2) is 0 Å². The van der Waals surface area contributed by atoms with Crippen LogP contribution in [0.3, 0.4) is 0 Å². The zero-order valence-corrected chi connectivity index (χ0v) is 10.8. The number of furan rings is 1. The molecule has 0 radical (unpaired) electrons. The molecule has 2 aromatic heterocycles. The summed E-state index contributed by atoms with van der Waals surface area (Å²) in [7, 11) is 0. The highest BCUT2D eigenvalue weighted by Gasteiger charge is 2.27. The van der Waals surface area contributed by atoms with Crippen LogP contribution in [0.4, 0.5) is 0 Å². The van der Waals surface area contributed by atoms with Gasteiger partial charge in [-0.3, -0.25) is 4.79 Å². The van der Waals surface area contributed by atoms with Gasteiger partial charge in [0.1, 0.15) is 0 Å². The first kappa shape index (κ1) is 11.3. The maximum Gasteiger partial charge on any atom is 0.287 e. The van der Waals surface area contributed by atoms with Crippen molar-refractivity contribution in [1.82, 2.24) is 10.3 Å². The summed E-state index contributed by atoms with van der Waals surface area (Å²) in [5.41, 5.74) is 3.73. The zero-order chi connectivity index (χ0) is 13.5. The smallest absolute Gasteiger partial charge is 0.287 e. The molecule has 1 aromatic carbocycles. The van der Waals surface area contributed by atoms with Crippen LogP contribution in [0.1, 0.15) is 21.8 Å². The summed E-state index contributed by atoms with van der Waals surface area (Å²) in [6.07, 6.45) is 3.22. The molecule has 0 aliphatic heterocycles. The second-order valence-electron chi connectivity index (χ2n) is 5.18. The fourth-order valence-corrected chi connectivity index (χ4v) is 2.99. The predicted molar refractivity (Wildman–Crippen MR) is 75.7 cm³/mol. The minimum Gasteiger partial charge on any atom is -0.459 e. The lowest BCUT2D eigenvalue weighted by atomic mass is 10.1. The van der Waals surface area contributed by atoms with Crippen LogP contribution >= 0.6 is 0 Å². The minimum atomic E-state index is -0.144. The second kappa shape index (κ2) is 4.27. The molecule has 3 aromatic rings. The minimum absolute atomic E-state index is 0.137. The van der Waals surface area contributed by atoms with Crippen LogP contribution in [-0.2, 0) is 12.8 Å². The van der Waals surface area contributed by atoms with Crippen LogP contribution < -0.4 is 5.32 Å². The lowest BCUT2D eigenvalue weighted by molar-refractivity contribution is 0.0910. The van der Waals surface area contributed by atoms with Gasteiger partial charge in [-0.1, -0.05) is 18.2 Å². The Morgan fingerprint density at radius 3 is 2.95 bits per heavy atom. The van der Waals surface area contributed by atoms with Gasteiger partial charge in [0.25, 0.3) is 5.91 Å². The summed E-state index contributed by atoms with van der Waals surface area (Å²) in [4.78, 5) is 15.4. The number of aromatic amines is 1. The molecule has 1 aliphatic rings. The third-order valence-corrected chi connectivity index (χ3v) is 3.88. The molecule has 2 heterocycles. The van der Waals surface area contributed by atoms with Crippen LogP contribution in [0.25, 0.3) is 10.9 Å². The predicted octanol–water partition coefficient (Wildman–Crippen LogP) is 2.66. The van der Waals surface area contributed by atoms with E-state index >= 15 is 0 Å². The summed E-state index contributed by atoms with van der Waals surface area (Å²) in [6.45, 7) is 0. The summed E-state index contributed by atoms with van der Waals surface area (Å²) >= 11 is 0. The molecule has 4 nitrogen and oxygen atoms in total. The fraction of sp³-hybridized carbons (Fsp3) is 0.188. The molecule has 2 N–H and O–H groups in total. The number of hydrogen-bond donors (Lipinski definition) is 2. The largest absolute Gasteiger partial charge is 0.459 e. The average Bonchev–Trinajstić information content (AvgIpc) is 3.13. The van der Waals surface area contributed by atoms with Crippen LogP contribution in [0.2, 0.25) is 0 Å². The van der Waals surface area contributed by atoms with Crippen molar-refractivity contribution in [2.75, 3.05) is 0 Å². The molecule has 20 heavy (non-hydrogen) atoms. The summed E-state index contributed by atoms with van der Waals surface area (Å²) in [6, 6.07) is 11.8. The van der Waals surface area contributed by atoms with E-state index in [2.05, 4.69) is 22.4 Å². The number of para-hydroxylation sites is 1. The van der Waals surface area contributed by atoms with E-state index < -0.39 is 0 Å². The number of hydrogen-bond acceptors (Lipinski definition) is 2. The molecule has 4 heteroatoms. The number of benzene rings is 1. The number of amides is 1. The van der Waals surface area contributed by atoms with Gasteiger partial charge in [-0.05, 0) is 30.2 Å². The average molecular weight is 266 g/mol. The zero-order valence-electron chi connectivity index (χ0n) is 10.8. The van der Waals surface area contributed by atoms with E-state index in [9.17, 15) is 4.79 Å². The molecular formula is C16H14N2O2. The van der Waals surface area contributed by atoms with Gasteiger partial charge >= 0.3 is 0 Å². The molecule has 1 aliphatic carbocycles. The van der Waals surface area contributed by atoms with Crippen molar-refractivity contribution in [2.24, 2.45) is 0 Å². The van der Waals surface area contributed by atoms with Gasteiger partial charge < -0.3 is 14.7 Å². The third-order valence-electron chi connectivity index (χ3n) is 3.88. The van der Waals surface area contributed by atoms with Gasteiger partial charge in [-0.15, -0.1) is 0 Å². The molecule has 4 rings (SSSR count). The molecule has 100 valence electrons. The SMILES string of the molecule is O=C(NC1Cc2[nH]c3ccccc3c2C1)c1ccco1. The Kier molecular flexibility index (Phi) is 2.42. The van der Waals surface area contributed by atoms with Crippen molar-refractivity contribution in [2.45, 2.75) is 18.9 Å². The van der Waals surface area contributed by atoms with Crippen molar-refractivity contribution in [3.05, 3.63) is 59.7 Å². The monoisotopic (exact) mass is 266 g/mol. The van der Waals surface area contributed by atoms with Crippen molar-refractivity contribution < 1.29 is 9.21 Å². The molecule has 0 saturated heterocycles. The lowest BCUT2D eigenvalue weighted by Crippen LogP contribution is -2.35. The van der Waals surface area contributed by atoms with Crippen LogP contribution in [0.15, 0.2) is 47.1 Å². The molecule has 1 atom stereocenters. The molecule has 1 unspecified atom stereocenters. The molecule has 0 bridgehead atoms. The van der Waals surface area contributed by atoms with E-state index in [0.29, 0.717) is 5.76 Å². The number of aromatic nitrogens is 1. The Morgan fingerprint density at radius 2 is 2.10 bits per heavy atom. The molecule has 0 spiro atoms. The highest BCUT2D eigenvalue weighted by molar-refractivity contribution is 5.92. The van der Waals surface area contributed by atoms with E-state index in [-0.39, 0.29) is 11.9 Å². The van der Waals surface area contributed by atoms with E-state index in [1.807, 2.05) is 12.1 Å². The van der Waals surface area contributed by atoms with E-state index in [1.165, 1.54) is 28.4 Å². The van der Waals surface area contributed by atoms with Gasteiger partial charge in [0, 0.05) is 29.1 Å². The van der Waals surface area contributed by atoms with Crippen LogP contribution in [-0.4, -0.2) is 16.9 Å². The summed E-state index contributed by atoms with van der Waals surface area (Å²) < 4.78 is 5.11. The van der Waals surface area contributed by atoms with Crippen molar-refractivity contribution in [3.63, 3.8) is 0 Å². The normalized spacial score (nSPS) is 17.3. The Hall–Kier alpha value is -2.49.